The first-order valence-corrected chi connectivity index (χ1v) is 8.14. The molecular formula is C19H21NO3. The molecule has 1 aliphatic rings. The highest BCUT2D eigenvalue weighted by Gasteiger charge is 2.20. The fourth-order valence-electron chi connectivity index (χ4n) is 3.59. The van der Waals surface area contributed by atoms with Gasteiger partial charge < -0.3 is 5.11 Å². The van der Waals surface area contributed by atoms with Crippen molar-refractivity contribution in [3.63, 3.8) is 0 Å². The summed E-state index contributed by atoms with van der Waals surface area (Å²) in [6, 6.07) is 9.95. The van der Waals surface area contributed by atoms with Gasteiger partial charge in [-0.3, -0.25) is 4.79 Å². The Balaban J connectivity index is 2.11. The molecule has 1 aliphatic carbocycles. The fraction of sp³-hybridized carbons (Fsp3) is 0.368. The van der Waals surface area contributed by atoms with E-state index >= 15 is 0 Å². The highest BCUT2D eigenvalue weighted by Crippen LogP contribution is 2.38. The Hall–Kier alpha value is -2.36. The molecule has 1 N–H and O–H groups in total. The number of benzene rings is 1. The Bertz CT molecular complexity index is 785. The van der Waals surface area contributed by atoms with Crippen LogP contribution in [0.15, 0.2) is 41.3 Å². The van der Waals surface area contributed by atoms with E-state index in [0.29, 0.717) is 11.5 Å². The molecular weight excluding hydrogens is 290 g/mol. The van der Waals surface area contributed by atoms with Crippen LogP contribution in [0, 0.1) is 6.92 Å². The normalized spacial score (nSPS) is 15.5. The van der Waals surface area contributed by atoms with Crippen molar-refractivity contribution in [1.82, 2.24) is 4.57 Å². The van der Waals surface area contributed by atoms with Crippen molar-refractivity contribution in [3.8, 4) is 11.1 Å². The zero-order chi connectivity index (χ0) is 16.4. The van der Waals surface area contributed by atoms with Crippen LogP contribution in [0.2, 0.25) is 0 Å². The SMILES string of the molecule is Cc1c(-c2ccccc2C2CCCCC2)ccn(C(=O)O)c1=O. The van der Waals surface area contributed by atoms with E-state index in [1.54, 1.807) is 13.0 Å². The Kier molecular flexibility index (Phi) is 4.33. The molecule has 1 fully saturated rings. The van der Waals surface area contributed by atoms with E-state index in [0.717, 1.165) is 15.7 Å². The van der Waals surface area contributed by atoms with Crippen molar-refractivity contribution in [3.05, 3.63) is 58.0 Å². The topological polar surface area (TPSA) is 59.3 Å². The Morgan fingerprint density at radius 1 is 1.09 bits per heavy atom. The molecule has 0 unspecified atom stereocenters. The third kappa shape index (κ3) is 2.93. The van der Waals surface area contributed by atoms with Crippen molar-refractivity contribution in [2.24, 2.45) is 0 Å². The summed E-state index contributed by atoms with van der Waals surface area (Å²) < 4.78 is 0.738. The number of hydrogen-bond acceptors (Lipinski definition) is 2. The Morgan fingerprint density at radius 2 is 1.78 bits per heavy atom. The second-order valence-electron chi connectivity index (χ2n) is 6.23. The van der Waals surface area contributed by atoms with Crippen LogP contribution >= 0.6 is 0 Å². The van der Waals surface area contributed by atoms with Crippen molar-refractivity contribution >= 4 is 6.09 Å². The minimum atomic E-state index is -1.25. The molecule has 0 aliphatic heterocycles. The fourth-order valence-corrected chi connectivity index (χ4v) is 3.59. The van der Waals surface area contributed by atoms with Crippen LogP contribution in [0.4, 0.5) is 4.79 Å². The molecule has 0 bridgehead atoms. The number of carbonyl (C=O) groups is 1. The van der Waals surface area contributed by atoms with Gasteiger partial charge in [-0.2, -0.15) is 0 Å². The maximum Gasteiger partial charge on any atom is 0.418 e. The molecule has 0 amide bonds. The van der Waals surface area contributed by atoms with E-state index in [-0.39, 0.29) is 0 Å². The molecule has 2 aromatic rings. The highest BCUT2D eigenvalue weighted by molar-refractivity contribution is 5.74. The lowest BCUT2D eigenvalue weighted by Gasteiger charge is -2.25. The van der Waals surface area contributed by atoms with Crippen molar-refractivity contribution in [2.45, 2.75) is 44.9 Å². The Labute approximate surface area is 135 Å². The van der Waals surface area contributed by atoms with Crippen molar-refractivity contribution < 1.29 is 9.90 Å². The summed E-state index contributed by atoms with van der Waals surface area (Å²) >= 11 is 0. The van der Waals surface area contributed by atoms with E-state index in [2.05, 4.69) is 6.07 Å². The monoisotopic (exact) mass is 311 g/mol. The minimum absolute atomic E-state index is 0.464. The van der Waals surface area contributed by atoms with Crippen LogP contribution in [0.1, 0.15) is 49.1 Å². The number of carboxylic acid groups (broad SMARTS) is 1. The summed E-state index contributed by atoms with van der Waals surface area (Å²) in [4.78, 5) is 23.4. The maximum absolute atomic E-state index is 12.3. The predicted molar refractivity (Wildman–Crippen MR) is 90.1 cm³/mol. The molecule has 0 atom stereocenters. The molecule has 1 aromatic carbocycles. The minimum Gasteiger partial charge on any atom is -0.464 e. The lowest BCUT2D eigenvalue weighted by atomic mass is 9.80. The van der Waals surface area contributed by atoms with E-state index in [1.807, 2.05) is 18.2 Å². The van der Waals surface area contributed by atoms with Gasteiger partial charge in [0.25, 0.3) is 5.56 Å². The van der Waals surface area contributed by atoms with Gasteiger partial charge in [0, 0.05) is 11.8 Å². The summed E-state index contributed by atoms with van der Waals surface area (Å²) in [6.45, 7) is 1.70. The van der Waals surface area contributed by atoms with Gasteiger partial charge >= 0.3 is 6.09 Å². The molecule has 0 radical (unpaired) electrons. The molecule has 3 rings (SSSR count). The molecule has 1 heterocycles. The number of pyridine rings is 1. The van der Waals surface area contributed by atoms with Gasteiger partial charge in [0.2, 0.25) is 0 Å². The summed E-state index contributed by atoms with van der Waals surface area (Å²) in [6.07, 6.45) is 6.27. The molecule has 4 nitrogen and oxygen atoms in total. The first-order chi connectivity index (χ1) is 11.1. The molecule has 0 spiro atoms. The van der Waals surface area contributed by atoms with E-state index in [9.17, 15) is 9.59 Å². The van der Waals surface area contributed by atoms with Crippen LogP contribution in [0.25, 0.3) is 11.1 Å². The maximum atomic E-state index is 12.3. The molecule has 4 heteroatoms. The second-order valence-corrected chi connectivity index (χ2v) is 6.23. The average molecular weight is 311 g/mol. The average Bonchev–Trinajstić information content (AvgIpc) is 2.58. The van der Waals surface area contributed by atoms with Gasteiger partial charge in [0.1, 0.15) is 0 Å². The van der Waals surface area contributed by atoms with Crippen LogP contribution in [0.5, 0.6) is 0 Å². The summed E-state index contributed by atoms with van der Waals surface area (Å²) in [7, 11) is 0. The van der Waals surface area contributed by atoms with Crippen LogP contribution < -0.4 is 5.56 Å². The molecule has 1 aromatic heterocycles. The molecule has 120 valence electrons. The van der Waals surface area contributed by atoms with Crippen LogP contribution in [-0.2, 0) is 0 Å². The van der Waals surface area contributed by atoms with Gasteiger partial charge in [-0.1, -0.05) is 43.5 Å². The van der Waals surface area contributed by atoms with Crippen molar-refractivity contribution in [2.75, 3.05) is 0 Å². The smallest absolute Gasteiger partial charge is 0.418 e. The van der Waals surface area contributed by atoms with E-state index < -0.39 is 11.7 Å². The quantitative estimate of drug-likeness (QED) is 0.894. The van der Waals surface area contributed by atoms with E-state index in [4.69, 9.17) is 5.11 Å². The largest absolute Gasteiger partial charge is 0.464 e. The first-order valence-electron chi connectivity index (χ1n) is 8.14. The van der Waals surface area contributed by atoms with Gasteiger partial charge in [-0.25, -0.2) is 9.36 Å². The number of nitrogens with zero attached hydrogens (tertiary/aromatic N) is 1. The summed E-state index contributed by atoms with van der Waals surface area (Å²) in [5, 5.41) is 9.07. The summed E-state index contributed by atoms with van der Waals surface area (Å²) in [5.74, 6) is 0.529. The number of hydrogen-bond donors (Lipinski definition) is 1. The molecule has 23 heavy (non-hydrogen) atoms. The van der Waals surface area contributed by atoms with Crippen LogP contribution in [0.3, 0.4) is 0 Å². The lowest BCUT2D eigenvalue weighted by molar-refractivity contribution is 0.195. The number of rotatable bonds is 2. The highest BCUT2D eigenvalue weighted by atomic mass is 16.4. The van der Waals surface area contributed by atoms with Gasteiger partial charge in [-0.15, -0.1) is 0 Å². The molecule has 1 saturated carbocycles. The lowest BCUT2D eigenvalue weighted by Crippen LogP contribution is -2.27. The molecule has 0 saturated heterocycles. The van der Waals surface area contributed by atoms with Gasteiger partial charge in [-0.05, 0) is 48.4 Å². The zero-order valence-electron chi connectivity index (χ0n) is 13.3. The zero-order valence-corrected chi connectivity index (χ0v) is 13.3. The number of aromatic nitrogens is 1. The van der Waals surface area contributed by atoms with Crippen LogP contribution in [-0.4, -0.2) is 15.8 Å². The van der Waals surface area contributed by atoms with E-state index in [1.165, 1.54) is 43.9 Å². The first kappa shape index (κ1) is 15.5. The van der Waals surface area contributed by atoms with Gasteiger partial charge in [0.05, 0.1) is 0 Å². The predicted octanol–water partition coefficient (Wildman–Crippen LogP) is 4.40. The second kappa shape index (κ2) is 6.41. The van der Waals surface area contributed by atoms with Gasteiger partial charge in [0.15, 0.2) is 0 Å². The summed E-state index contributed by atoms with van der Waals surface area (Å²) in [5.41, 5.74) is 3.20. The third-order valence-electron chi connectivity index (χ3n) is 4.84. The third-order valence-corrected chi connectivity index (χ3v) is 4.84. The van der Waals surface area contributed by atoms with Crippen molar-refractivity contribution in [1.29, 1.82) is 0 Å². The Morgan fingerprint density at radius 3 is 2.48 bits per heavy atom. The standard InChI is InChI=1S/C19H21NO3/c1-13-15(11-12-20(18(13)21)19(22)23)17-10-6-5-9-16(17)14-7-3-2-4-8-14/h5-6,9-12,14H,2-4,7-8H2,1H3,(H,22,23).